The summed E-state index contributed by atoms with van der Waals surface area (Å²) in [4.78, 5) is 16.0. The highest BCUT2D eigenvalue weighted by Gasteiger charge is 2.40. The number of fused-ring (bicyclic) bond motifs is 1. The fourth-order valence-corrected chi connectivity index (χ4v) is 2.87. The number of hydrogen-bond acceptors (Lipinski definition) is 5. The first-order chi connectivity index (χ1) is 11.3. The fraction of sp³-hybridized carbons (Fsp3) is 0.615. The average molecular weight is 343 g/mol. The van der Waals surface area contributed by atoms with Crippen molar-refractivity contribution in [2.45, 2.75) is 44.9 Å². The van der Waals surface area contributed by atoms with E-state index in [0.717, 1.165) is 11.0 Å². The van der Waals surface area contributed by atoms with E-state index in [1.165, 1.54) is 4.68 Å². The predicted molar refractivity (Wildman–Crippen MR) is 74.8 cm³/mol. The molecule has 0 aromatic carbocycles. The number of carbonyl (C=O) groups is 1. The Balaban J connectivity index is 1.90. The summed E-state index contributed by atoms with van der Waals surface area (Å²) in [5.74, 6) is -1.28. The van der Waals surface area contributed by atoms with Crippen LogP contribution in [0.2, 0.25) is 0 Å². The van der Waals surface area contributed by atoms with Gasteiger partial charge >= 0.3 is 6.18 Å². The summed E-state index contributed by atoms with van der Waals surface area (Å²) in [7, 11) is 1.61. The van der Waals surface area contributed by atoms with Gasteiger partial charge in [0, 0.05) is 13.6 Å². The first-order valence-corrected chi connectivity index (χ1v) is 7.48. The van der Waals surface area contributed by atoms with Crippen molar-refractivity contribution in [3.63, 3.8) is 0 Å². The second kappa shape index (κ2) is 5.87. The van der Waals surface area contributed by atoms with E-state index in [4.69, 9.17) is 0 Å². The Morgan fingerprint density at radius 3 is 2.71 bits per heavy atom. The maximum Gasteiger partial charge on any atom is 0.449 e. The van der Waals surface area contributed by atoms with E-state index >= 15 is 0 Å². The number of alkyl halides is 3. The van der Waals surface area contributed by atoms with Crippen molar-refractivity contribution in [1.82, 2.24) is 35.1 Å². The molecule has 0 saturated heterocycles. The van der Waals surface area contributed by atoms with Crippen molar-refractivity contribution in [3.05, 3.63) is 23.0 Å². The number of imidazole rings is 1. The molecule has 1 aliphatic heterocycles. The van der Waals surface area contributed by atoms with E-state index in [1.807, 2.05) is 0 Å². The lowest BCUT2D eigenvalue weighted by atomic mass is 10.1. The summed E-state index contributed by atoms with van der Waals surface area (Å²) in [5.41, 5.74) is 0.151. The molecule has 8 nitrogen and oxygen atoms in total. The Bertz CT molecular complexity index is 764. The third-order valence-corrected chi connectivity index (χ3v) is 3.97. The monoisotopic (exact) mass is 343 g/mol. The second-order valence-corrected chi connectivity index (χ2v) is 5.69. The highest BCUT2D eigenvalue weighted by molar-refractivity contribution is 5.93. The fourth-order valence-electron chi connectivity index (χ4n) is 2.87. The van der Waals surface area contributed by atoms with Crippen LogP contribution in [0.15, 0.2) is 0 Å². The molecule has 1 amide bonds. The predicted octanol–water partition coefficient (Wildman–Crippen LogP) is 1.25. The molecule has 0 fully saturated rings. The lowest BCUT2D eigenvalue weighted by molar-refractivity contribution is -0.147. The normalized spacial score (nSPS) is 15.9. The first-order valence-electron chi connectivity index (χ1n) is 7.48. The molecule has 11 heteroatoms. The van der Waals surface area contributed by atoms with Crippen LogP contribution >= 0.6 is 0 Å². The number of nitrogens with zero attached hydrogens (tertiary/aromatic N) is 6. The number of hydrogen-bond donors (Lipinski definition) is 1. The second-order valence-electron chi connectivity index (χ2n) is 5.69. The van der Waals surface area contributed by atoms with Gasteiger partial charge in [-0.05, 0) is 36.6 Å². The van der Waals surface area contributed by atoms with Crippen LogP contribution in [0.1, 0.15) is 53.6 Å². The zero-order valence-corrected chi connectivity index (χ0v) is 13.1. The van der Waals surface area contributed by atoms with Crippen molar-refractivity contribution in [3.8, 4) is 0 Å². The summed E-state index contributed by atoms with van der Waals surface area (Å²) in [6, 6.07) is -0.562. The number of aromatic nitrogens is 6. The molecule has 0 bridgehead atoms. The Labute approximate surface area is 135 Å². The zero-order valence-electron chi connectivity index (χ0n) is 13.1. The van der Waals surface area contributed by atoms with Crippen molar-refractivity contribution in [2.75, 3.05) is 0 Å². The summed E-state index contributed by atoms with van der Waals surface area (Å²) < 4.78 is 41.9. The molecule has 3 rings (SSSR count). The summed E-state index contributed by atoms with van der Waals surface area (Å²) in [6.07, 6.45) is -2.84. The average Bonchev–Trinajstić information content (AvgIpc) is 3.10. The van der Waals surface area contributed by atoms with Gasteiger partial charge in [0.25, 0.3) is 5.91 Å². The van der Waals surface area contributed by atoms with E-state index in [0.29, 0.717) is 24.4 Å². The number of rotatable bonds is 3. The van der Waals surface area contributed by atoms with Crippen LogP contribution in [0.4, 0.5) is 13.2 Å². The number of carbonyl (C=O) groups excluding carboxylic acids is 1. The van der Waals surface area contributed by atoms with Gasteiger partial charge in [0.1, 0.15) is 5.69 Å². The summed E-state index contributed by atoms with van der Waals surface area (Å²) in [5, 5.41) is 13.5. The van der Waals surface area contributed by atoms with Gasteiger partial charge in [0.05, 0.1) is 11.7 Å². The van der Waals surface area contributed by atoms with E-state index in [2.05, 4.69) is 25.8 Å². The minimum Gasteiger partial charge on any atom is -0.341 e. The smallest absolute Gasteiger partial charge is 0.341 e. The third kappa shape index (κ3) is 2.85. The van der Waals surface area contributed by atoms with Crippen LogP contribution in [-0.2, 0) is 26.2 Å². The maximum absolute atomic E-state index is 13.1. The van der Waals surface area contributed by atoms with Crippen molar-refractivity contribution in [2.24, 2.45) is 7.05 Å². The Morgan fingerprint density at radius 1 is 1.33 bits per heavy atom. The van der Waals surface area contributed by atoms with E-state index in [1.54, 1.807) is 14.0 Å². The Kier molecular flexibility index (Phi) is 4.01. The maximum atomic E-state index is 13.1. The van der Waals surface area contributed by atoms with E-state index < -0.39 is 23.9 Å². The van der Waals surface area contributed by atoms with Gasteiger partial charge in [-0.3, -0.25) is 4.79 Å². The van der Waals surface area contributed by atoms with Gasteiger partial charge in [0.2, 0.25) is 5.82 Å². The lowest BCUT2D eigenvalue weighted by Gasteiger charge is -2.18. The van der Waals surface area contributed by atoms with Crippen LogP contribution in [0.25, 0.3) is 0 Å². The van der Waals surface area contributed by atoms with Crippen LogP contribution < -0.4 is 5.32 Å². The number of nitrogens with one attached hydrogen (secondary N) is 1. The standard InChI is InChI=1S/C13H16F3N7O/c1-7(10-19-20-21-22(10)2)17-11(24)9-8-5-3-4-6-23(8)12(18-9)13(14,15)16/h7H,3-6H2,1-2H3,(H,17,24). The number of amides is 1. The van der Waals surface area contributed by atoms with Crippen LogP contribution in [-0.4, -0.2) is 35.7 Å². The molecule has 2 aromatic rings. The highest BCUT2D eigenvalue weighted by atomic mass is 19.4. The van der Waals surface area contributed by atoms with Gasteiger partial charge < -0.3 is 9.88 Å². The molecule has 130 valence electrons. The van der Waals surface area contributed by atoms with E-state index in [9.17, 15) is 18.0 Å². The van der Waals surface area contributed by atoms with Crippen LogP contribution in [0.5, 0.6) is 0 Å². The molecule has 1 N–H and O–H groups in total. The van der Waals surface area contributed by atoms with Gasteiger partial charge in [-0.1, -0.05) is 0 Å². The quantitative estimate of drug-likeness (QED) is 0.906. The highest BCUT2D eigenvalue weighted by Crippen LogP contribution is 2.33. The third-order valence-electron chi connectivity index (χ3n) is 3.97. The number of halogens is 3. The zero-order chi connectivity index (χ0) is 17.5. The van der Waals surface area contributed by atoms with Crippen molar-refractivity contribution < 1.29 is 18.0 Å². The molecule has 0 spiro atoms. The van der Waals surface area contributed by atoms with Crippen molar-refractivity contribution >= 4 is 5.91 Å². The van der Waals surface area contributed by atoms with Gasteiger partial charge in [-0.25, -0.2) is 9.67 Å². The molecule has 3 heterocycles. The molecule has 1 atom stereocenters. The largest absolute Gasteiger partial charge is 0.449 e. The lowest BCUT2D eigenvalue weighted by Crippen LogP contribution is -2.30. The number of tetrazole rings is 1. The Morgan fingerprint density at radius 2 is 2.08 bits per heavy atom. The first kappa shape index (κ1) is 16.4. The molecule has 0 saturated carbocycles. The van der Waals surface area contributed by atoms with E-state index in [-0.39, 0.29) is 12.2 Å². The van der Waals surface area contributed by atoms with Crippen LogP contribution in [0.3, 0.4) is 0 Å². The minimum absolute atomic E-state index is 0.177. The van der Waals surface area contributed by atoms with Crippen LogP contribution in [0, 0.1) is 0 Å². The topological polar surface area (TPSA) is 90.5 Å². The molecule has 1 aliphatic rings. The summed E-state index contributed by atoms with van der Waals surface area (Å²) >= 11 is 0. The SMILES string of the molecule is CC(NC(=O)c1nc(C(F)(F)F)n2c1CCCC2)c1nnnn1C. The molecular formula is C13H16F3N7O. The molecule has 2 aromatic heterocycles. The van der Waals surface area contributed by atoms with Gasteiger partial charge in [-0.15, -0.1) is 5.10 Å². The molecule has 0 radical (unpaired) electrons. The molecular weight excluding hydrogens is 327 g/mol. The van der Waals surface area contributed by atoms with Gasteiger partial charge in [-0.2, -0.15) is 13.2 Å². The molecule has 1 unspecified atom stereocenters. The number of aryl methyl sites for hydroxylation is 1. The molecule has 24 heavy (non-hydrogen) atoms. The van der Waals surface area contributed by atoms with Crippen molar-refractivity contribution in [1.29, 1.82) is 0 Å². The molecule has 0 aliphatic carbocycles. The Hall–Kier alpha value is -2.46. The summed E-state index contributed by atoms with van der Waals surface area (Å²) in [6.45, 7) is 1.87. The van der Waals surface area contributed by atoms with Gasteiger partial charge in [0.15, 0.2) is 5.82 Å². The minimum atomic E-state index is -4.59.